The largest absolute Gasteiger partial charge is 0.463 e. The maximum Gasteiger partial charge on any atom is 0.118 e. The van der Waals surface area contributed by atoms with Crippen molar-refractivity contribution >= 4 is 0 Å². The third-order valence-electron chi connectivity index (χ3n) is 2.88. The lowest BCUT2D eigenvalue weighted by atomic mass is 10.2. The normalized spacial score (nSPS) is 11.1. The van der Waals surface area contributed by atoms with Gasteiger partial charge in [-0.2, -0.15) is 0 Å². The summed E-state index contributed by atoms with van der Waals surface area (Å²) in [5, 5.41) is 0. The fourth-order valence-corrected chi connectivity index (χ4v) is 1.83. The number of hydrogen-bond acceptors (Lipinski definition) is 4. The van der Waals surface area contributed by atoms with E-state index in [1.54, 1.807) is 0 Å². The van der Waals surface area contributed by atoms with Crippen molar-refractivity contribution < 1.29 is 4.42 Å². The van der Waals surface area contributed by atoms with Gasteiger partial charge in [0, 0.05) is 18.9 Å². The molecule has 2 heterocycles. The summed E-state index contributed by atoms with van der Waals surface area (Å²) in [5.74, 6) is 1.81. The second-order valence-electron chi connectivity index (χ2n) is 4.42. The molecule has 0 saturated carbocycles. The number of likely N-dealkylation sites (N-methyl/N-ethyl adjacent to an activating group) is 1. The van der Waals surface area contributed by atoms with E-state index in [0.717, 1.165) is 31.0 Å². The molecule has 0 aliphatic heterocycles. The van der Waals surface area contributed by atoms with Crippen LogP contribution < -0.4 is 5.73 Å². The third kappa shape index (κ3) is 3.68. The molecule has 0 aliphatic carbocycles. The highest BCUT2D eigenvalue weighted by atomic mass is 16.3. The molecule has 2 aromatic heterocycles. The molecule has 0 saturated heterocycles. The van der Waals surface area contributed by atoms with Crippen molar-refractivity contribution in [2.75, 3.05) is 13.6 Å². The fraction of sp³-hybridized carbons (Fsp3) is 0.357. The van der Waals surface area contributed by atoms with E-state index in [9.17, 15) is 0 Å². The summed E-state index contributed by atoms with van der Waals surface area (Å²) >= 11 is 0. The van der Waals surface area contributed by atoms with Crippen LogP contribution in [0.3, 0.4) is 0 Å². The fourth-order valence-electron chi connectivity index (χ4n) is 1.83. The van der Waals surface area contributed by atoms with Crippen molar-refractivity contribution in [2.45, 2.75) is 19.5 Å². The van der Waals surface area contributed by atoms with E-state index >= 15 is 0 Å². The first-order valence-corrected chi connectivity index (χ1v) is 6.13. The number of rotatable bonds is 6. The molecule has 0 radical (unpaired) electrons. The van der Waals surface area contributed by atoms with Gasteiger partial charge in [-0.1, -0.05) is 0 Å². The predicted octanol–water partition coefficient (Wildman–Crippen LogP) is 1.81. The number of nitrogens with two attached hydrogens (primary N) is 1. The van der Waals surface area contributed by atoms with Gasteiger partial charge in [0.25, 0.3) is 0 Å². The summed E-state index contributed by atoms with van der Waals surface area (Å²) < 4.78 is 5.58. The number of hydrogen-bond donors (Lipinski definition) is 1. The third-order valence-corrected chi connectivity index (χ3v) is 2.88. The Kier molecular flexibility index (Phi) is 4.50. The van der Waals surface area contributed by atoms with Crippen LogP contribution in [-0.4, -0.2) is 23.5 Å². The quantitative estimate of drug-likeness (QED) is 0.843. The molecule has 2 N–H and O–H groups in total. The van der Waals surface area contributed by atoms with Gasteiger partial charge in [-0.25, -0.2) is 0 Å². The van der Waals surface area contributed by atoms with Gasteiger partial charge in [0.15, 0.2) is 0 Å². The summed E-state index contributed by atoms with van der Waals surface area (Å²) in [4.78, 5) is 6.25. The highest BCUT2D eigenvalue weighted by Crippen LogP contribution is 2.09. The number of furan rings is 1. The standard InChI is InChI=1S/C14H19N3O/c1-17(9-6-12-4-7-16-8-5-12)11-14-3-2-13(10-15)18-14/h2-5,7-8H,6,9-11,15H2,1H3. The van der Waals surface area contributed by atoms with Crippen molar-refractivity contribution in [3.63, 3.8) is 0 Å². The van der Waals surface area contributed by atoms with Crippen LogP contribution in [-0.2, 0) is 19.5 Å². The van der Waals surface area contributed by atoms with E-state index in [0.29, 0.717) is 6.54 Å². The summed E-state index contributed by atoms with van der Waals surface area (Å²) in [6.07, 6.45) is 4.67. The molecule has 18 heavy (non-hydrogen) atoms. The van der Waals surface area contributed by atoms with Crippen molar-refractivity contribution in [1.82, 2.24) is 9.88 Å². The van der Waals surface area contributed by atoms with Gasteiger partial charge in [-0.05, 0) is 43.3 Å². The molecule has 0 fully saturated rings. The van der Waals surface area contributed by atoms with Crippen LogP contribution in [0.1, 0.15) is 17.1 Å². The lowest BCUT2D eigenvalue weighted by Gasteiger charge is -2.14. The average Bonchev–Trinajstić information content (AvgIpc) is 2.85. The monoisotopic (exact) mass is 245 g/mol. The van der Waals surface area contributed by atoms with E-state index in [1.807, 2.05) is 36.7 Å². The van der Waals surface area contributed by atoms with E-state index in [4.69, 9.17) is 10.2 Å². The molecule has 2 rings (SSSR count). The van der Waals surface area contributed by atoms with Crippen molar-refractivity contribution in [3.05, 3.63) is 53.7 Å². The summed E-state index contributed by atoms with van der Waals surface area (Å²) in [7, 11) is 2.09. The van der Waals surface area contributed by atoms with E-state index in [2.05, 4.69) is 16.9 Å². The first-order valence-electron chi connectivity index (χ1n) is 6.13. The van der Waals surface area contributed by atoms with E-state index in [1.165, 1.54) is 5.56 Å². The Morgan fingerprint density at radius 1 is 1.17 bits per heavy atom. The molecule has 0 aliphatic rings. The highest BCUT2D eigenvalue weighted by molar-refractivity contribution is 5.10. The smallest absolute Gasteiger partial charge is 0.118 e. The van der Waals surface area contributed by atoms with Crippen LogP contribution in [0, 0.1) is 0 Å². The Labute approximate surface area is 107 Å². The Morgan fingerprint density at radius 3 is 2.56 bits per heavy atom. The summed E-state index contributed by atoms with van der Waals surface area (Å²) in [6, 6.07) is 8.03. The molecule has 0 aromatic carbocycles. The molecular formula is C14H19N3O. The van der Waals surface area contributed by atoms with Gasteiger partial charge in [0.2, 0.25) is 0 Å². The van der Waals surface area contributed by atoms with Gasteiger partial charge >= 0.3 is 0 Å². The minimum absolute atomic E-state index is 0.459. The first-order chi connectivity index (χ1) is 8.78. The molecule has 4 nitrogen and oxygen atoms in total. The Morgan fingerprint density at radius 2 is 1.89 bits per heavy atom. The lowest BCUT2D eigenvalue weighted by molar-refractivity contribution is 0.294. The van der Waals surface area contributed by atoms with Crippen molar-refractivity contribution in [2.24, 2.45) is 5.73 Å². The summed E-state index contributed by atoms with van der Waals surface area (Å²) in [6.45, 7) is 2.26. The van der Waals surface area contributed by atoms with Crippen molar-refractivity contribution in [3.8, 4) is 0 Å². The highest BCUT2D eigenvalue weighted by Gasteiger charge is 2.05. The zero-order valence-corrected chi connectivity index (χ0v) is 10.7. The van der Waals surface area contributed by atoms with Crippen LogP contribution in [0.25, 0.3) is 0 Å². The van der Waals surface area contributed by atoms with Gasteiger partial charge in [0.1, 0.15) is 11.5 Å². The molecule has 0 unspecified atom stereocenters. The number of pyridine rings is 1. The van der Waals surface area contributed by atoms with Crippen LogP contribution in [0.15, 0.2) is 41.1 Å². The van der Waals surface area contributed by atoms with Gasteiger partial charge < -0.3 is 10.2 Å². The number of nitrogens with zero attached hydrogens (tertiary/aromatic N) is 2. The van der Waals surface area contributed by atoms with Gasteiger partial charge in [-0.3, -0.25) is 9.88 Å². The lowest BCUT2D eigenvalue weighted by Crippen LogP contribution is -2.20. The van der Waals surface area contributed by atoms with Crippen LogP contribution in [0.2, 0.25) is 0 Å². The molecule has 0 bridgehead atoms. The maximum absolute atomic E-state index is 5.58. The Hall–Kier alpha value is -1.65. The van der Waals surface area contributed by atoms with Crippen molar-refractivity contribution in [1.29, 1.82) is 0 Å². The maximum atomic E-state index is 5.58. The minimum atomic E-state index is 0.459. The summed E-state index contributed by atoms with van der Waals surface area (Å²) in [5.41, 5.74) is 6.82. The molecule has 0 atom stereocenters. The Bertz CT molecular complexity index is 467. The SMILES string of the molecule is CN(CCc1ccncc1)Cc1ccc(CN)o1. The van der Waals surface area contributed by atoms with Gasteiger partial charge in [0.05, 0.1) is 13.1 Å². The van der Waals surface area contributed by atoms with Crippen LogP contribution in [0.5, 0.6) is 0 Å². The predicted molar refractivity (Wildman–Crippen MR) is 70.9 cm³/mol. The van der Waals surface area contributed by atoms with E-state index in [-0.39, 0.29) is 0 Å². The minimum Gasteiger partial charge on any atom is -0.463 e. The molecular weight excluding hydrogens is 226 g/mol. The first kappa shape index (κ1) is 12.8. The van der Waals surface area contributed by atoms with Gasteiger partial charge in [-0.15, -0.1) is 0 Å². The Balaban J connectivity index is 1.80. The van der Waals surface area contributed by atoms with Crippen LogP contribution >= 0.6 is 0 Å². The molecule has 0 amide bonds. The van der Waals surface area contributed by atoms with Crippen LogP contribution in [0.4, 0.5) is 0 Å². The number of aromatic nitrogens is 1. The second-order valence-corrected chi connectivity index (χ2v) is 4.42. The molecule has 96 valence electrons. The zero-order valence-electron chi connectivity index (χ0n) is 10.7. The molecule has 0 spiro atoms. The zero-order chi connectivity index (χ0) is 12.8. The topological polar surface area (TPSA) is 55.3 Å². The second kappa shape index (κ2) is 6.33. The molecule has 4 heteroatoms. The van der Waals surface area contributed by atoms with E-state index < -0.39 is 0 Å². The molecule has 2 aromatic rings. The average molecular weight is 245 g/mol.